The van der Waals surface area contributed by atoms with Crippen molar-refractivity contribution >= 4 is 22.4 Å². The minimum absolute atomic E-state index is 0.309. The standard InChI is InChI=1S/C13H11N3OS/c14-9-11(8-10-4-2-1-3-5-10)12(17)16-13-15-6-7-18-13/h1-7,11H,8H2,(H,15,16,17). The van der Waals surface area contributed by atoms with Crippen molar-refractivity contribution in [1.29, 1.82) is 5.26 Å². The van der Waals surface area contributed by atoms with Crippen LogP contribution in [0.1, 0.15) is 5.56 Å². The van der Waals surface area contributed by atoms with E-state index >= 15 is 0 Å². The van der Waals surface area contributed by atoms with Crippen LogP contribution < -0.4 is 5.32 Å². The van der Waals surface area contributed by atoms with E-state index in [0.717, 1.165) is 5.56 Å². The van der Waals surface area contributed by atoms with Crippen molar-refractivity contribution in [3.05, 3.63) is 47.5 Å². The minimum atomic E-state index is -0.698. The van der Waals surface area contributed by atoms with Gasteiger partial charge in [-0.3, -0.25) is 4.79 Å². The summed E-state index contributed by atoms with van der Waals surface area (Å²) in [5, 5.41) is 14.0. The number of anilines is 1. The van der Waals surface area contributed by atoms with Gasteiger partial charge in [0, 0.05) is 11.6 Å². The molecule has 0 spiro atoms. The molecule has 1 atom stereocenters. The van der Waals surface area contributed by atoms with Crippen molar-refractivity contribution in [1.82, 2.24) is 4.98 Å². The van der Waals surface area contributed by atoms with Crippen LogP contribution in [-0.2, 0) is 11.2 Å². The number of hydrogen-bond acceptors (Lipinski definition) is 4. The van der Waals surface area contributed by atoms with Gasteiger partial charge in [0.05, 0.1) is 6.07 Å². The number of thiazole rings is 1. The summed E-state index contributed by atoms with van der Waals surface area (Å²) in [6.07, 6.45) is 2.02. The first-order valence-electron chi connectivity index (χ1n) is 5.43. The summed E-state index contributed by atoms with van der Waals surface area (Å²) in [4.78, 5) is 15.8. The van der Waals surface area contributed by atoms with Gasteiger partial charge >= 0.3 is 0 Å². The lowest BCUT2D eigenvalue weighted by atomic mass is 10.00. The van der Waals surface area contributed by atoms with E-state index in [9.17, 15) is 4.79 Å². The molecule has 1 N–H and O–H groups in total. The summed E-state index contributed by atoms with van der Waals surface area (Å²) in [7, 11) is 0. The van der Waals surface area contributed by atoms with Gasteiger partial charge in [0.15, 0.2) is 5.13 Å². The molecule has 0 aliphatic carbocycles. The number of aromatic nitrogens is 1. The van der Waals surface area contributed by atoms with Crippen LogP contribution in [0.2, 0.25) is 0 Å². The van der Waals surface area contributed by atoms with E-state index in [1.54, 1.807) is 11.6 Å². The Morgan fingerprint density at radius 3 is 2.83 bits per heavy atom. The highest BCUT2D eigenvalue weighted by atomic mass is 32.1. The van der Waals surface area contributed by atoms with Crippen molar-refractivity contribution < 1.29 is 4.79 Å². The lowest BCUT2D eigenvalue weighted by Crippen LogP contribution is -2.23. The maximum absolute atomic E-state index is 11.9. The fourth-order valence-corrected chi connectivity index (χ4v) is 2.06. The predicted octanol–water partition coefficient (Wildman–Crippen LogP) is 2.46. The van der Waals surface area contributed by atoms with E-state index in [2.05, 4.69) is 10.3 Å². The average molecular weight is 257 g/mol. The van der Waals surface area contributed by atoms with Crippen LogP contribution in [0.5, 0.6) is 0 Å². The summed E-state index contributed by atoms with van der Waals surface area (Å²) >= 11 is 1.33. The number of hydrogen-bond donors (Lipinski definition) is 1. The van der Waals surface area contributed by atoms with Crippen molar-refractivity contribution in [2.24, 2.45) is 5.92 Å². The van der Waals surface area contributed by atoms with E-state index < -0.39 is 5.92 Å². The molecule has 1 heterocycles. The third kappa shape index (κ3) is 3.15. The molecule has 1 unspecified atom stereocenters. The topological polar surface area (TPSA) is 65.8 Å². The fourth-order valence-electron chi connectivity index (χ4n) is 1.52. The molecule has 18 heavy (non-hydrogen) atoms. The van der Waals surface area contributed by atoms with Gasteiger partial charge in [-0.2, -0.15) is 5.26 Å². The molecule has 0 saturated carbocycles. The van der Waals surface area contributed by atoms with Gasteiger partial charge in [-0.15, -0.1) is 11.3 Å². The predicted molar refractivity (Wildman–Crippen MR) is 70.0 cm³/mol. The second-order valence-electron chi connectivity index (χ2n) is 3.70. The van der Waals surface area contributed by atoms with E-state index in [1.807, 2.05) is 36.4 Å². The Kier molecular flexibility index (Phi) is 4.05. The van der Waals surface area contributed by atoms with Crippen molar-refractivity contribution in [3.8, 4) is 6.07 Å². The van der Waals surface area contributed by atoms with Crippen LogP contribution >= 0.6 is 11.3 Å². The van der Waals surface area contributed by atoms with Gasteiger partial charge in [-0.05, 0) is 12.0 Å². The fraction of sp³-hybridized carbons (Fsp3) is 0.154. The second kappa shape index (κ2) is 5.94. The Labute approximate surface area is 109 Å². The van der Waals surface area contributed by atoms with Crippen LogP contribution in [0.15, 0.2) is 41.9 Å². The zero-order valence-corrected chi connectivity index (χ0v) is 10.4. The molecule has 5 heteroatoms. The minimum Gasteiger partial charge on any atom is -0.301 e. The highest BCUT2D eigenvalue weighted by Crippen LogP contribution is 2.14. The molecule has 2 rings (SSSR count). The summed E-state index contributed by atoms with van der Waals surface area (Å²) in [5.74, 6) is -1.01. The lowest BCUT2D eigenvalue weighted by molar-refractivity contribution is -0.118. The quantitative estimate of drug-likeness (QED) is 0.915. The zero-order chi connectivity index (χ0) is 12.8. The van der Waals surface area contributed by atoms with E-state index in [0.29, 0.717) is 11.6 Å². The van der Waals surface area contributed by atoms with Crippen LogP contribution in [0.25, 0.3) is 0 Å². The number of carbonyl (C=O) groups is 1. The molecule has 0 fully saturated rings. The summed E-state index contributed by atoms with van der Waals surface area (Å²) < 4.78 is 0. The molecule has 90 valence electrons. The van der Waals surface area contributed by atoms with Gasteiger partial charge in [-0.25, -0.2) is 4.98 Å². The smallest absolute Gasteiger partial charge is 0.243 e. The molecule has 0 radical (unpaired) electrons. The first-order valence-corrected chi connectivity index (χ1v) is 6.31. The van der Waals surface area contributed by atoms with Crippen molar-refractivity contribution in [3.63, 3.8) is 0 Å². The normalized spacial score (nSPS) is 11.5. The summed E-state index contributed by atoms with van der Waals surface area (Å²) in [6, 6.07) is 11.5. The molecular formula is C13H11N3OS. The van der Waals surface area contributed by atoms with Gasteiger partial charge in [-0.1, -0.05) is 30.3 Å². The van der Waals surface area contributed by atoms with Gasteiger partial charge in [0.2, 0.25) is 5.91 Å². The maximum atomic E-state index is 11.9. The van der Waals surface area contributed by atoms with E-state index in [-0.39, 0.29) is 5.91 Å². The first kappa shape index (κ1) is 12.3. The highest BCUT2D eigenvalue weighted by molar-refractivity contribution is 7.13. The molecule has 0 aliphatic heterocycles. The third-order valence-electron chi connectivity index (χ3n) is 2.42. The summed E-state index contributed by atoms with van der Waals surface area (Å²) in [6.45, 7) is 0. The zero-order valence-electron chi connectivity index (χ0n) is 9.54. The monoisotopic (exact) mass is 257 g/mol. The largest absolute Gasteiger partial charge is 0.301 e. The molecule has 4 nitrogen and oxygen atoms in total. The molecule has 0 saturated heterocycles. The van der Waals surface area contributed by atoms with E-state index in [1.165, 1.54) is 11.3 Å². The lowest BCUT2D eigenvalue weighted by Gasteiger charge is -2.08. The number of benzene rings is 1. The molecule has 1 amide bonds. The molecule has 1 aromatic carbocycles. The number of carbonyl (C=O) groups excluding carboxylic acids is 1. The Bertz CT molecular complexity index is 545. The van der Waals surface area contributed by atoms with Gasteiger partial charge < -0.3 is 5.32 Å². The Hall–Kier alpha value is -2.19. The number of nitrogens with zero attached hydrogens (tertiary/aromatic N) is 2. The van der Waals surface area contributed by atoms with Crippen molar-refractivity contribution in [2.45, 2.75) is 6.42 Å². The molecule has 2 aromatic rings. The van der Waals surface area contributed by atoms with Crippen molar-refractivity contribution in [2.75, 3.05) is 5.32 Å². The van der Waals surface area contributed by atoms with Crippen LogP contribution in [0.3, 0.4) is 0 Å². The average Bonchev–Trinajstić information content (AvgIpc) is 2.90. The van der Waals surface area contributed by atoms with E-state index in [4.69, 9.17) is 5.26 Å². The number of nitriles is 1. The number of nitrogens with one attached hydrogen (secondary N) is 1. The highest BCUT2D eigenvalue weighted by Gasteiger charge is 2.19. The SMILES string of the molecule is N#CC(Cc1ccccc1)C(=O)Nc1nccs1. The number of rotatable bonds is 4. The van der Waals surface area contributed by atoms with Crippen LogP contribution in [0.4, 0.5) is 5.13 Å². The molecule has 0 bridgehead atoms. The molecule has 1 aromatic heterocycles. The number of amides is 1. The Balaban J connectivity index is 2.01. The second-order valence-corrected chi connectivity index (χ2v) is 4.59. The summed E-state index contributed by atoms with van der Waals surface area (Å²) in [5.41, 5.74) is 0.971. The van der Waals surface area contributed by atoms with Crippen LogP contribution in [0, 0.1) is 17.2 Å². The molecule has 0 aliphatic rings. The van der Waals surface area contributed by atoms with Crippen LogP contribution in [-0.4, -0.2) is 10.9 Å². The maximum Gasteiger partial charge on any atom is 0.243 e. The Morgan fingerprint density at radius 2 is 2.22 bits per heavy atom. The third-order valence-corrected chi connectivity index (χ3v) is 3.11. The first-order chi connectivity index (χ1) is 8.79. The van der Waals surface area contributed by atoms with Gasteiger partial charge in [0.25, 0.3) is 0 Å². The Morgan fingerprint density at radius 1 is 1.44 bits per heavy atom. The van der Waals surface area contributed by atoms with Gasteiger partial charge in [0.1, 0.15) is 5.92 Å². The molecular weight excluding hydrogens is 246 g/mol.